The summed E-state index contributed by atoms with van der Waals surface area (Å²) in [6.07, 6.45) is 0.987. The lowest BCUT2D eigenvalue weighted by molar-refractivity contribution is -0.384. The summed E-state index contributed by atoms with van der Waals surface area (Å²) in [6, 6.07) is 5.86. The largest absolute Gasteiger partial charge is 0.328 e. The van der Waals surface area contributed by atoms with Crippen LogP contribution in [0.25, 0.3) is 0 Å². The SMILES string of the molecule is CC(N)CCC(=O)N(C)c1ccc([N+](=O)[O-])cc1. The number of nitro benzene ring substituents is 1. The van der Waals surface area contributed by atoms with Crippen LogP contribution in [0.15, 0.2) is 24.3 Å². The second kappa shape index (κ2) is 6.11. The summed E-state index contributed by atoms with van der Waals surface area (Å²) < 4.78 is 0. The van der Waals surface area contributed by atoms with Crippen LogP contribution in [0.5, 0.6) is 0 Å². The molecule has 98 valence electrons. The van der Waals surface area contributed by atoms with E-state index in [4.69, 9.17) is 5.73 Å². The number of anilines is 1. The average molecular weight is 251 g/mol. The Bertz CT molecular complexity index is 429. The lowest BCUT2D eigenvalue weighted by Crippen LogP contribution is -2.28. The molecular formula is C12H17N3O3. The Kier molecular flexibility index (Phi) is 4.79. The van der Waals surface area contributed by atoms with E-state index in [1.165, 1.54) is 17.0 Å². The van der Waals surface area contributed by atoms with Crippen LogP contribution in [0.3, 0.4) is 0 Å². The van der Waals surface area contributed by atoms with Crippen LogP contribution in [-0.4, -0.2) is 23.9 Å². The summed E-state index contributed by atoms with van der Waals surface area (Å²) >= 11 is 0. The van der Waals surface area contributed by atoms with Crippen LogP contribution in [0.4, 0.5) is 11.4 Å². The summed E-state index contributed by atoms with van der Waals surface area (Å²) in [5.74, 6) is -0.0545. The van der Waals surface area contributed by atoms with E-state index >= 15 is 0 Å². The van der Waals surface area contributed by atoms with Gasteiger partial charge in [0.15, 0.2) is 0 Å². The third-order valence-corrected chi connectivity index (χ3v) is 2.64. The van der Waals surface area contributed by atoms with Crippen LogP contribution in [-0.2, 0) is 4.79 Å². The maximum atomic E-state index is 11.8. The van der Waals surface area contributed by atoms with Crippen molar-refractivity contribution in [3.8, 4) is 0 Å². The maximum absolute atomic E-state index is 11.8. The van der Waals surface area contributed by atoms with Crippen molar-refractivity contribution in [3.05, 3.63) is 34.4 Å². The molecule has 1 unspecified atom stereocenters. The lowest BCUT2D eigenvalue weighted by Gasteiger charge is -2.17. The van der Waals surface area contributed by atoms with Gasteiger partial charge in [-0.15, -0.1) is 0 Å². The van der Waals surface area contributed by atoms with Gasteiger partial charge in [0.1, 0.15) is 0 Å². The molecule has 0 spiro atoms. The molecule has 0 saturated heterocycles. The van der Waals surface area contributed by atoms with E-state index in [1.807, 2.05) is 6.92 Å². The molecule has 1 aromatic carbocycles. The first-order valence-electron chi connectivity index (χ1n) is 5.68. The first-order valence-corrected chi connectivity index (χ1v) is 5.68. The fourth-order valence-electron chi connectivity index (χ4n) is 1.46. The number of amides is 1. The molecule has 2 N–H and O–H groups in total. The van der Waals surface area contributed by atoms with E-state index < -0.39 is 4.92 Å². The van der Waals surface area contributed by atoms with Gasteiger partial charge in [-0.05, 0) is 25.5 Å². The summed E-state index contributed by atoms with van der Waals surface area (Å²) in [4.78, 5) is 23.3. The van der Waals surface area contributed by atoms with Crippen LogP contribution in [0.1, 0.15) is 19.8 Å². The highest BCUT2D eigenvalue weighted by atomic mass is 16.6. The molecule has 0 fully saturated rings. The molecule has 1 amide bonds. The van der Waals surface area contributed by atoms with E-state index in [-0.39, 0.29) is 17.6 Å². The zero-order valence-corrected chi connectivity index (χ0v) is 10.5. The minimum Gasteiger partial charge on any atom is -0.328 e. The molecule has 0 radical (unpaired) electrons. The third-order valence-electron chi connectivity index (χ3n) is 2.64. The molecule has 0 heterocycles. The van der Waals surface area contributed by atoms with Gasteiger partial charge in [0.2, 0.25) is 5.91 Å². The number of nitrogens with zero attached hydrogens (tertiary/aromatic N) is 2. The predicted octanol–water partition coefficient (Wildman–Crippen LogP) is 1.68. The standard InChI is InChI=1S/C12H17N3O3/c1-9(13)3-8-12(16)14(2)10-4-6-11(7-5-10)15(17)18/h4-7,9H,3,8,13H2,1-2H3. The van der Waals surface area contributed by atoms with Crippen LogP contribution < -0.4 is 10.6 Å². The minimum atomic E-state index is -0.471. The van der Waals surface area contributed by atoms with E-state index in [9.17, 15) is 14.9 Å². The fraction of sp³-hybridized carbons (Fsp3) is 0.417. The van der Waals surface area contributed by atoms with Crippen molar-refractivity contribution >= 4 is 17.3 Å². The van der Waals surface area contributed by atoms with Crippen molar-refractivity contribution in [2.45, 2.75) is 25.8 Å². The van der Waals surface area contributed by atoms with Gasteiger partial charge in [-0.1, -0.05) is 0 Å². The minimum absolute atomic E-state index is 0.00943. The highest BCUT2D eigenvalue weighted by molar-refractivity contribution is 5.92. The second-order valence-electron chi connectivity index (χ2n) is 4.24. The number of rotatable bonds is 5. The number of hydrogen-bond donors (Lipinski definition) is 1. The van der Waals surface area contributed by atoms with Crippen LogP contribution >= 0.6 is 0 Å². The summed E-state index contributed by atoms with van der Waals surface area (Å²) in [5, 5.41) is 10.5. The molecule has 18 heavy (non-hydrogen) atoms. The quantitative estimate of drug-likeness (QED) is 0.637. The Morgan fingerprint density at radius 2 is 2.00 bits per heavy atom. The molecule has 0 bridgehead atoms. The Labute approximate surface area is 106 Å². The molecule has 1 rings (SSSR count). The zero-order chi connectivity index (χ0) is 13.7. The van der Waals surface area contributed by atoms with Gasteiger partial charge in [0, 0.05) is 37.3 Å². The molecular weight excluding hydrogens is 234 g/mol. The molecule has 0 aliphatic heterocycles. The first kappa shape index (κ1) is 14.1. The van der Waals surface area contributed by atoms with Crippen molar-refractivity contribution in [1.29, 1.82) is 0 Å². The van der Waals surface area contributed by atoms with Crippen molar-refractivity contribution < 1.29 is 9.72 Å². The van der Waals surface area contributed by atoms with Gasteiger partial charge in [-0.25, -0.2) is 0 Å². The topological polar surface area (TPSA) is 89.5 Å². The van der Waals surface area contributed by atoms with E-state index in [1.54, 1.807) is 19.2 Å². The number of nitro groups is 1. The number of carbonyl (C=O) groups is 1. The Hall–Kier alpha value is -1.95. The number of carbonyl (C=O) groups excluding carboxylic acids is 1. The molecule has 0 aliphatic rings. The van der Waals surface area contributed by atoms with Gasteiger partial charge >= 0.3 is 0 Å². The summed E-state index contributed by atoms with van der Waals surface area (Å²) in [7, 11) is 1.64. The highest BCUT2D eigenvalue weighted by Crippen LogP contribution is 2.19. The fourth-order valence-corrected chi connectivity index (χ4v) is 1.46. The molecule has 6 heteroatoms. The van der Waals surface area contributed by atoms with E-state index in [0.29, 0.717) is 18.5 Å². The number of non-ortho nitro benzene ring substituents is 1. The van der Waals surface area contributed by atoms with Crippen molar-refractivity contribution in [1.82, 2.24) is 0 Å². The Balaban J connectivity index is 2.68. The molecule has 6 nitrogen and oxygen atoms in total. The molecule has 1 atom stereocenters. The van der Waals surface area contributed by atoms with E-state index in [2.05, 4.69) is 0 Å². The first-order chi connectivity index (χ1) is 8.41. The van der Waals surface area contributed by atoms with E-state index in [0.717, 1.165) is 0 Å². The zero-order valence-electron chi connectivity index (χ0n) is 10.5. The molecule has 1 aromatic rings. The maximum Gasteiger partial charge on any atom is 0.269 e. The molecule has 0 aliphatic carbocycles. The highest BCUT2D eigenvalue weighted by Gasteiger charge is 2.13. The van der Waals surface area contributed by atoms with Gasteiger partial charge in [0.05, 0.1) is 4.92 Å². The smallest absolute Gasteiger partial charge is 0.269 e. The van der Waals surface area contributed by atoms with Crippen LogP contribution in [0, 0.1) is 10.1 Å². The van der Waals surface area contributed by atoms with Crippen molar-refractivity contribution in [2.75, 3.05) is 11.9 Å². The van der Waals surface area contributed by atoms with Crippen molar-refractivity contribution in [2.24, 2.45) is 5.73 Å². The lowest BCUT2D eigenvalue weighted by atomic mass is 10.1. The van der Waals surface area contributed by atoms with Crippen LogP contribution in [0.2, 0.25) is 0 Å². The Morgan fingerprint density at radius 3 is 2.44 bits per heavy atom. The predicted molar refractivity (Wildman–Crippen MR) is 69.4 cm³/mol. The average Bonchev–Trinajstić information content (AvgIpc) is 2.35. The van der Waals surface area contributed by atoms with Gasteiger partial charge < -0.3 is 10.6 Å². The molecule has 0 aromatic heterocycles. The summed E-state index contributed by atoms with van der Waals surface area (Å²) in [6.45, 7) is 1.85. The monoisotopic (exact) mass is 251 g/mol. The second-order valence-corrected chi connectivity index (χ2v) is 4.24. The normalized spacial score (nSPS) is 11.9. The Morgan fingerprint density at radius 1 is 1.44 bits per heavy atom. The van der Waals surface area contributed by atoms with Gasteiger partial charge in [-0.2, -0.15) is 0 Å². The van der Waals surface area contributed by atoms with Crippen molar-refractivity contribution in [3.63, 3.8) is 0 Å². The van der Waals surface area contributed by atoms with Gasteiger partial charge in [0.25, 0.3) is 5.69 Å². The molecule has 0 saturated carbocycles. The summed E-state index contributed by atoms with van der Waals surface area (Å²) in [5.41, 5.74) is 6.23. The number of hydrogen-bond acceptors (Lipinski definition) is 4. The van der Waals surface area contributed by atoms with Gasteiger partial charge in [-0.3, -0.25) is 14.9 Å². The number of nitrogens with two attached hydrogens (primary N) is 1. The number of benzene rings is 1. The third kappa shape index (κ3) is 3.81.